The molecule has 1 heterocycles. The predicted octanol–water partition coefficient (Wildman–Crippen LogP) is 3.76. The van der Waals surface area contributed by atoms with Gasteiger partial charge in [0, 0.05) is 42.6 Å². The summed E-state index contributed by atoms with van der Waals surface area (Å²) < 4.78 is 0.958. The Balaban J connectivity index is 1.53. The van der Waals surface area contributed by atoms with E-state index in [0.717, 1.165) is 23.9 Å². The quantitative estimate of drug-likeness (QED) is 0.763. The maximum atomic E-state index is 12.7. The number of rotatable bonds is 4. The number of benzene rings is 2. The lowest BCUT2D eigenvalue weighted by Gasteiger charge is -2.22. The van der Waals surface area contributed by atoms with Crippen molar-refractivity contribution in [2.45, 2.75) is 19.3 Å². The molecule has 2 aromatic carbocycles. The first kappa shape index (κ1) is 18.6. The van der Waals surface area contributed by atoms with E-state index in [2.05, 4.69) is 15.9 Å². The van der Waals surface area contributed by atoms with Crippen LogP contribution in [0.25, 0.3) is 0 Å². The largest absolute Gasteiger partial charge is 0.341 e. The van der Waals surface area contributed by atoms with Crippen LogP contribution in [0.15, 0.2) is 59.1 Å². The van der Waals surface area contributed by atoms with Crippen molar-refractivity contribution in [1.29, 1.82) is 0 Å². The Hall–Kier alpha value is -2.14. The van der Waals surface area contributed by atoms with E-state index in [1.807, 2.05) is 64.4 Å². The van der Waals surface area contributed by atoms with Crippen molar-refractivity contribution < 1.29 is 9.59 Å². The number of nitrogens with zero attached hydrogens (tertiary/aromatic N) is 2. The van der Waals surface area contributed by atoms with Crippen LogP contribution in [-0.2, 0) is 11.2 Å². The van der Waals surface area contributed by atoms with E-state index in [1.54, 1.807) is 0 Å². The molecule has 1 aliphatic heterocycles. The minimum absolute atomic E-state index is 0.0380. The van der Waals surface area contributed by atoms with Crippen LogP contribution in [0.5, 0.6) is 0 Å². The zero-order valence-corrected chi connectivity index (χ0v) is 16.3. The zero-order valence-electron chi connectivity index (χ0n) is 14.7. The molecule has 2 aromatic rings. The fourth-order valence-electron chi connectivity index (χ4n) is 3.20. The second-order valence-electron chi connectivity index (χ2n) is 6.52. The monoisotopic (exact) mass is 414 g/mol. The molecular formula is C21H23BrN2O2. The SMILES string of the molecule is O=C(CCc1ccccc1)N1CCCN(C(=O)c2ccc(Br)cc2)CC1. The molecule has 0 atom stereocenters. The van der Waals surface area contributed by atoms with Crippen LogP contribution in [0.1, 0.15) is 28.8 Å². The molecule has 1 aliphatic rings. The highest BCUT2D eigenvalue weighted by Gasteiger charge is 2.22. The summed E-state index contributed by atoms with van der Waals surface area (Å²) in [5, 5.41) is 0. The van der Waals surface area contributed by atoms with E-state index in [0.29, 0.717) is 31.6 Å². The van der Waals surface area contributed by atoms with Gasteiger partial charge >= 0.3 is 0 Å². The van der Waals surface area contributed by atoms with Gasteiger partial charge < -0.3 is 9.80 Å². The Labute approximate surface area is 162 Å². The van der Waals surface area contributed by atoms with Gasteiger partial charge in [-0.05, 0) is 42.7 Å². The van der Waals surface area contributed by atoms with E-state index in [9.17, 15) is 9.59 Å². The van der Waals surface area contributed by atoms with Crippen LogP contribution in [-0.4, -0.2) is 47.8 Å². The normalized spacial score (nSPS) is 14.8. The van der Waals surface area contributed by atoms with E-state index >= 15 is 0 Å². The van der Waals surface area contributed by atoms with Crippen molar-refractivity contribution in [2.75, 3.05) is 26.2 Å². The maximum absolute atomic E-state index is 12.7. The van der Waals surface area contributed by atoms with Crippen LogP contribution >= 0.6 is 15.9 Å². The van der Waals surface area contributed by atoms with Gasteiger partial charge in [0.2, 0.25) is 5.91 Å². The van der Waals surface area contributed by atoms with Crippen LogP contribution < -0.4 is 0 Å². The van der Waals surface area contributed by atoms with Crippen LogP contribution in [0.4, 0.5) is 0 Å². The number of halogens is 1. The second-order valence-corrected chi connectivity index (χ2v) is 7.43. The highest BCUT2D eigenvalue weighted by atomic mass is 79.9. The van der Waals surface area contributed by atoms with Gasteiger partial charge in [0.1, 0.15) is 0 Å². The fraction of sp³-hybridized carbons (Fsp3) is 0.333. The Morgan fingerprint density at radius 1 is 0.846 bits per heavy atom. The Kier molecular flexibility index (Phi) is 6.45. The number of amides is 2. The van der Waals surface area contributed by atoms with Crippen LogP contribution in [0.2, 0.25) is 0 Å². The lowest BCUT2D eigenvalue weighted by Crippen LogP contribution is -2.37. The summed E-state index contributed by atoms with van der Waals surface area (Å²) in [5.41, 5.74) is 1.87. The van der Waals surface area contributed by atoms with Crippen molar-refractivity contribution >= 4 is 27.7 Å². The van der Waals surface area contributed by atoms with Crippen molar-refractivity contribution in [3.05, 3.63) is 70.2 Å². The number of hydrogen-bond acceptors (Lipinski definition) is 2. The third-order valence-corrected chi connectivity index (χ3v) is 5.23. The molecule has 3 rings (SSSR count). The van der Waals surface area contributed by atoms with Gasteiger partial charge in [-0.15, -0.1) is 0 Å². The molecule has 0 N–H and O–H groups in total. The number of carbonyl (C=O) groups is 2. The summed E-state index contributed by atoms with van der Waals surface area (Å²) in [6.45, 7) is 2.61. The molecule has 2 amide bonds. The summed E-state index contributed by atoms with van der Waals surface area (Å²) in [4.78, 5) is 28.9. The molecule has 0 unspecified atom stereocenters. The lowest BCUT2D eigenvalue weighted by atomic mass is 10.1. The molecule has 0 saturated carbocycles. The van der Waals surface area contributed by atoms with Gasteiger partial charge in [0.05, 0.1) is 0 Å². The minimum Gasteiger partial charge on any atom is -0.341 e. The Morgan fingerprint density at radius 3 is 2.23 bits per heavy atom. The topological polar surface area (TPSA) is 40.6 Å². The molecule has 1 saturated heterocycles. The van der Waals surface area contributed by atoms with E-state index in [1.165, 1.54) is 5.56 Å². The van der Waals surface area contributed by atoms with Gasteiger partial charge in [0.25, 0.3) is 5.91 Å². The Bertz CT molecular complexity index is 746. The van der Waals surface area contributed by atoms with Crippen molar-refractivity contribution in [1.82, 2.24) is 9.80 Å². The molecule has 26 heavy (non-hydrogen) atoms. The van der Waals surface area contributed by atoms with E-state index < -0.39 is 0 Å². The van der Waals surface area contributed by atoms with Gasteiger partial charge in [-0.25, -0.2) is 0 Å². The molecule has 136 valence electrons. The molecule has 0 aromatic heterocycles. The predicted molar refractivity (Wildman–Crippen MR) is 106 cm³/mol. The van der Waals surface area contributed by atoms with E-state index in [4.69, 9.17) is 0 Å². The molecule has 0 radical (unpaired) electrons. The lowest BCUT2D eigenvalue weighted by molar-refractivity contribution is -0.131. The maximum Gasteiger partial charge on any atom is 0.253 e. The first-order valence-corrected chi connectivity index (χ1v) is 9.79. The first-order chi connectivity index (χ1) is 12.6. The van der Waals surface area contributed by atoms with Crippen LogP contribution in [0.3, 0.4) is 0 Å². The van der Waals surface area contributed by atoms with Crippen molar-refractivity contribution in [3.63, 3.8) is 0 Å². The smallest absolute Gasteiger partial charge is 0.253 e. The molecule has 0 bridgehead atoms. The average Bonchev–Trinajstić information content (AvgIpc) is 2.93. The molecule has 0 aliphatic carbocycles. The highest BCUT2D eigenvalue weighted by molar-refractivity contribution is 9.10. The minimum atomic E-state index is 0.0380. The van der Waals surface area contributed by atoms with Gasteiger partial charge in [-0.2, -0.15) is 0 Å². The number of hydrogen-bond donors (Lipinski definition) is 0. The van der Waals surface area contributed by atoms with Gasteiger partial charge in [-0.1, -0.05) is 46.3 Å². The summed E-state index contributed by atoms with van der Waals surface area (Å²) in [5.74, 6) is 0.211. The van der Waals surface area contributed by atoms with Crippen LogP contribution in [0, 0.1) is 0 Å². The molecular weight excluding hydrogens is 392 g/mol. The second kappa shape index (κ2) is 8.99. The number of carbonyl (C=O) groups excluding carboxylic acids is 2. The molecule has 0 spiro atoms. The first-order valence-electron chi connectivity index (χ1n) is 9.00. The summed E-state index contributed by atoms with van der Waals surface area (Å²) in [6.07, 6.45) is 2.10. The molecule has 1 fully saturated rings. The third kappa shape index (κ3) is 4.94. The van der Waals surface area contributed by atoms with Gasteiger partial charge in [-0.3, -0.25) is 9.59 Å². The zero-order chi connectivity index (χ0) is 18.4. The Morgan fingerprint density at radius 2 is 1.50 bits per heavy atom. The summed E-state index contributed by atoms with van der Waals surface area (Å²) >= 11 is 3.39. The third-order valence-electron chi connectivity index (χ3n) is 4.70. The average molecular weight is 415 g/mol. The molecule has 5 heteroatoms. The number of aryl methyl sites for hydroxylation is 1. The van der Waals surface area contributed by atoms with E-state index in [-0.39, 0.29) is 11.8 Å². The fourth-order valence-corrected chi connectivity index (χ4v) is 3.46. The molecule has 4 nitrogen and oxygen atoms in total. The van der Waals surface area contributed by atoms with Crippen molar-refractivity contribution in [3.8, 4) is 0 Å². The van der Waals surface area contributed by atoms with Gasteiger partial charge in [0.15, 0.2) is 0 Å². The van der Waals surface area contributed by atoms with Crippen molar-refractivity contribution in [2.24, 2.45) is 0 Å². The standard InChI is InChI=1S/C21H23BrN2O2/c22-19-10-8-18(9-11-19)21(26)24-14-4-13-23(15-16-24)20(25)12-7-17-5-2-1-3-6-17/h1-3,5-6,8-11H,4,7,12-16H2. The summed E-state index contributed by atoms with van der Waals surface area (Å²) in [6, 6.07) is 17.5. The highest BCUT2D eigenvalue weighted by Crippen LogP contribution is 2.14. The summed E-state index contributed by atoms with van der Waals surface area (Å²) in [7, 11) is 0.